The van der Waals surface area contributed by atoms with Crippen LogP contribution in [0.1, 0.15) is 34.6 Å². The van der Waals surface area contributed by atoms with E-state index in [1.807, 2.05) is 4.90 Å². The van der Waals surface area contributed by atoms with Crippen molar-refractivity contribution < 1.29 is 14.3 Å². The molecule has 0 saturated heterocycles. The van der Waals surface area contributed by atoms with Crippen LogP contribution in [0.5, 0.6) is 11.5 Å². The highest BCUT2D eigenvalue weighted by Gasteiger charge is 2.25. The second kappa shape index (κ2) is 10.2. The van der Waals surface area contributed by atoms with Crippen LogP contribution in [0.25, 0.3) is 0 Å². The molecule has 2 aromatic carbocycles. The van der Waals surface area contributed by atoms with Crippen LogP contribution in [0.2, 0.25) is 0 Å². The number of ether oxygens (including phenoxy) is 2. The highest BCUT2D eigenvalue weighted by molar-refractivity contribution is 5.85. The van der Waals surface area contributed by atoms with Crippen molar-refractivity contribution in [1.29, 1.82) is 0 Å². The van der Waals surface area contributed by atoms with Crippen LogP contribution in [0.3, 0.4) is 0 Å². The fourth-order valence-electron chi connectivity index (χ4n) is 4.48. The quantitative estimate of drug-likeness (QED) is 0.684. The first-order chi connectivity index (χ1) is 14.2. The van der Waals surface area contributed by atoms with Gasteiger partial charge in [-0.25, -0.2) is 0 Å². The third kappa shape index (κ3) is 4.73. The number of hydrogen-bond acceptors (Lipinski definition) is 4. The Morgan fingerprint density at radius 1 is 1.03 bits per heavy atom. The van der Waals surface area contributed by atoms with Crippen LogP contribution in [0, 0.1) is 0 Å². The molecule has 1 heterocycles. The van der Waals surface area contributed by atoms with Gasteiger partial charge in [-0.1, -0.05) is 24.3 Å². The van der Waals surface area contributed by atoms with Crippen molar-refractivity contribution in [3.05, 3.63) is 58.7 Å². The van der Waals surface area contributed by atoms with E-state index >= 15 is 0 Å². The molecule has 30 heavy (non-hydrogen) atoms. The number of carbonyl (C=O) groups is 1. The zero-order valence-corrected chi connectivity index (χ0v) is 18.6. The molecule has 0 spiro atoms. The Labute approximate surface area is 185 Å². The lowest BCUT2D eigenvalue weighted by atomic mass is 9.77. The monoisotopic (exact) mass is 430 g/mol. The van der Waals surface area contributed by atoms with Crippen molar-refractivity contribution >= 4 is 18.3 Å². The van der Waals surface area contributed by atoms with Crippen LogP contribution in [0.15, 0.2) is 36.4 Å². The summed E-state index contributed by atoms with van der Waals surface area (Å²) in [6.45, 7) is 3.21. The summed E-state index contributed by atoms with van der Waals surface area (Å²) in [6, 6.07) is 12.7. The molecule has 2 aliphatic rings. The topological polar surface area (TPSA) is 50.8 Å². The van der Waals surface area contributed by atoms with Gasteiger partial charge in [-0.3, -0.25) is 4.79 Å². The Kier molecular flexibility index (Phi) is 7.62. The standard InChI is InChI=1S/C24H30N2O3.ClH/c1-28-22-14-17-8-11-26(12-9-18(17)15-23(22)29-2)24(27)7-10-25-16-20-13-19-5-3-4-6-21(19)20;/h3-6,14-15,20,25H,7-13,16H2,1-2H3;1H. The molecule has 0 fully saturated rings. The highest BCUT2D eigenvalue weighted by atomic mass is 35.5. The molecule has 162 valence electrons. The van der Waals surface area contributed by atoms with Crippen molar-refractivity contribution in [2.75, 3.05) is 40.4 Å². The van der Waals surface area contributed by atoms with Gasteiger partial charge in [0.2, 0.25) is 5.91 Å². The minimum atomic E-state index is 0. The predicted octanol–water partition coefficient (Wildman–Crippen LogP) is 3.37. The number of amides is 1. The summed E-state index contributed by atoms with van der Waals surface area (Å²) in [4.78, 5) is 14.7. The Morgan fingerprint density at radius 2 is 1.67 bits per heavy atom. The maximum atomic E-state index is 12.7. The fourth-order valence-corrected chi connectivity index (χ4v) is 4.48. The van der Waals surface area contributed by atoms with Gasteiger partial charge in [0.15, 0.2) is 11.5 Å². The van der Waals surface area contributed by atoms with E-state index in [1.165, 1.54) is 22.3 Å². The number of nitrogens with zero attached hydrogens (tertiary/aromatic N) is 1. The first-order valence-electron chi connectivity index (χ1n) is 10.5. The van der Waals surface area contributed by atoms with Gasteiger partial charge >= 0.3 is 0 Å². The van der Waals surface area contributed by atoms with Gasteiger partial charge in [0.05, 0.1) is 14.2 Å². The second-order valence-corrected chi connectivity index (χ2v) is 7.91. The van der Waals surface area contributed by atoms with E-state index in [1.54, 1.807) is 14.2 Å². The van der Waals surface area contributed by atoms with Gasteiger partial charge in [0, 0.05) is 38.5 Å². The summed E-state index contributed by atoms with van der Waals surface area (Å²) in [7, 11) is 3.32. The molecule has 0 bridgehead atoms. The zero-order chi connectivity index (χ0) is 20.2. The SMILES string of the molecule is COc1cc2c(cc1OC)CCN(C(=O)CCNCC1Cc3ccccc31)CC2.Cl. The molecule has 0 radical (unpaired) electrons. The van der Waals surface area contributed by atoms with Gasteiger partial charge in [0.1, 0.15) is 0 Å². The number of carbonyl (C=O) groups excluding carboxylic acids is 1. The molecule has 6 heteroatoms. The van der Waals surface area contributed by atoms with E-state index in [4.69, 9.17) is 9.47 Å². The third-order valence-corrected chi connectivity index (χ3v) is 6.23. The van der Waals surface area contributed by atoms with Crippen LogP contribution < -0.4 is 14.8 Å². The number of benzene rings is 2. The van der Waals surface area contributed by atoms with E-state index in [-0.39, 0.29) is 18.3 Å². The average Bonchev–Trinajstić information content (AvgIpc) is 2.94. The van der Waals surface area contributed by atoms with E-state index in [2.05, 4.69) is 41.7 Å². The van der Waals surface area contributed by atoms with Crippen LogP contribution in [0.4, 0.5) is 0 Å². The minimum Gasteiger partial charge on any atom is -0.493 e. The van der Waals surface area contributed by atoms with Crippen molar-refractivity contribution in [3.63, 3.8) is 0 Å². The fraction of sp³-hybridized carbons (Fsp3) is 0.458. The summed E-state index contributed by atoms with van der Waals surface area (Å²) in [5.41, 5.74) is 5.43. The molecule has 1 amide bonds. The number of fused-ring (bicyclic) bond motifs is 2. The van der Waals surface area contributed by atoms with Gasteiger partial charge in [-0.15, -0.1) is 12.4 Å². The summed E-state index contributed by atoms with van der Waals surface area (Å²) in [5.74, 6) is 2.35. The molecule has 1 aliphatic carbocycles. The van der Waals surface area contributed by atoms with Crippen LogP contribution >= 0.6 is 12.4 Å². The molecule has 1 aliphatic heterocycles. The number of hydrogen-bond donors (Lipinski definition) is 1. The molecule has 1 N–H and O–H groups in total. The molecule has 1 atom stereocenters. The Bertz CT molecular complexity index is 852. The van der Waals surface area contributed by atoms with Gasteiger partial charge in [-0.2, -0.15) is 0 Å². The lowest BCUT2D eigenvalue weighted by molar-refractivity contribution is -0.131. The molecule has 2 aromatic rings. The van der Waals surface area contributed by atoms with Crippen molar-refractivity contribution in [3.8, 4) is 11.5 Å². The molecule has 5 nitrogen and oxygen atoms in total. The van der Waals surface area contributed by atoms with E-state index in [0.717, 1.165) is 56.9 Å². The number of rotatable bonds is 7. The number of methoxy groups -OCH3 is 2. The summed E-state index contributed by atoms with van der Waals surface area (Å²) in [5, 5.41) is 3.48. The van der Waals surface area contributed by atoms with E-state index in [9.17, 15) is 4.79 Å². The first-order valence-corrected chi connectivity index (χ1v) is 10.5. The lowest BCUT2D eigenvalue weighted by Crippen LogP contribution is -2.36. The van der Waals surface area contributed by atoms with Gasteiger partial charge in [-0.05, 0) is 53.6 Å². The van der Waals surface area contributed by atoms with Crippen molar-refractivity contribution in [1.82, 2.24) is 10.2 Å². The maximum absolute atomic E-state index is 12.7. The smallest absolute Gasteiger partial charge is 0.223 e. The minimum absolute atomic E-state index is 0. The zero-order valence-electron chi connectivity index (χ0n) is 17.8. The lowest BCUT2D eigenvalue weighted by Gasteiger charge is -2.30. The highest BCUT2D eigenvalue weighted by Crippen LogP contribution is 2.34. The molecule has 0 aromatic heterocycles. The molecule has 0 saturated carbocycles. The number of nitrogens with one attached hydrogen (secondary N) is 1. The van der Waals surface area contributed by atoms with Crippen LogP contribution in [-0.4, -0.2) is 51.2 Å². The maximum Gasteiger partial charge on any atom is 0.223 e. The summed E-state index contributed by atoms with van der Waals surface area (Å²) < 4.78 is 10.8. The third-order valence-electron chi connectivity index (χ3n) is 6.23. The normalized spacial score (nSPS) is 17.0. The first kappa shape index (κ1) is 22.4. The molecule has 1 unspecified atom stereocenters. The largest absolute Gasteiger partial charge is 0.493 e. The van der Waals surface area contributed by atoms with E-state index in [0.29, 0.717) is 12.3 Å². The molecule has 4 rings (SSSR count). The van der Waals surface area contributed by atoms with Crippen molar-refractivity contribution in [2.45, 2.75) is 31.6 Å². The van der Waals surface area contributed by atoms with Gasteiger partial charge in [0.25, 0.3) is 0 Å². The van der Waals surface area contributed by atoms with Crippen LogP contribution in [-0.2, 0) is 24.1 Å². The predicted molar refractivity (Wildman–Crippen MR) is 121 cm³/mol. The van der Waals surface area contributed by atoms with E-state index < -0.39 is 0 Å². The Balaban J connectivity index is 0.00000256. The summed E-state index contributed by atoms with van der Waals surface area (Å²) in [6.07, 6.45) is 3.41. The van der Waals surface area contributed by atoms with Crippen molar-refractivity contribution in [2.24, 2.45) is 0 Å². The molecular weight excluding hydrogens is 400 g/mol. The Hall–Kier alpha value is -2.24. The Morgan fingerprint density at radius 3 is 2.27 bits per heavy atom. The molecular formula is C24H31ClN2O3. The summed E-state index contributed by atoms with van der Waals surface area (Å²) >= 11 is 0. The second-order valence-electron chi connectivity index (χ2n) is 7.91. The average molecular weight is 431 g/mol. The van der Waals surface area contributed by atoms with Gasteiger partial charge < -0.3 is 19.7 Å². The number of halogens is 1.